The molecular formula is C5H9Cl2O4P. The third kappa shape index (κ3) is 5.84. The van der Waals surface area contributed by atoms with Crippen LogP contribution in [0.15, 0.2) is 0 Å². The zero-order valence-electron chi connectivity index (χ0n) is 6.62. The van der Waals surface area contributed by atoms with E-state index in [2.05, 4.69) is 9.26 Å². The Kier molecular flexibility index (Phi) is 5.18. The average molecular weight is 235 g/mol. The Morgan fingerprint density at radius 3 is 2.42 bits per heavy atom. The fourth-order valence-corrected chi connectivity index (χ4v) is 1.66. The van der Waals surface area contributed by atoms with Gasteiger partial charge >= 0.3 is 12.0 Å². The summed E-state index contributed by atoms with van der Waals surface area (Å²) in [5.74, 6) is -0.640. The lowest BCUT2D eigenvalue weighted by molar-refractivity contribution is -0.150. The molecule has 1 atom stereocenters. The SMILES string of the molecule is CCOC(=O)[C@@H](C)OP(=O)(Cl)Cl. The van der Waals surface area contributed by atoms with Crippen LogP contribution in [0, 0.1) is 0 Å². The van der Waals surface area contributed by atoms with E-state index < -0.39 is 18.1 Å². The van der Waals surface area contributed by atoms with E-state index in [1.165, 1.54) is 6.92 Å². The maximum atomic E-state index is 10.8. The van der Waals surface area contributed by atoms with Crippen LogP contribution < -0.4 is 0 Å². The number of carbonyl (C=O) groups is 1. The van der Waals surface area contributed by atoms with Crippen molar-refractivity contribution in [3.05, 3.63) is 0 Å². The van der Waals surface area contributed by atoms with Gasteiger partial charge in [0.15, 0.2) is 6.10 Å². The first-order valence-electron chi connectivity index (χ1n) is 3.21. The van der Waals surface area contributed by atoms with Gasteiger partial charge in [0.25, 0.3) is 0 Å². The summed E-state index contributed by atoms with van der Waals surface area (Å²) in [4.78, 5) is 10.8. The van der Waals surface area contributed by atoms with Crippen LogP contribution in [0.25, 0.3) is 0 Å². The first-order chi connectivity index (χ1) is 5.37. The lowest BCUT2D eigenvalue weighted by atomic mass is 10.4. The predicted octanol–water partition coefficient (Wildman–Crippen LogP) is 2.54. The summed E-state index contributed by atoms with van der Waals surface area (Å²) in [6, 6.07) is 0. The Bertz CT molecular complexity index is 202. The van der Waals surface area contributed by atoms with E-state index in [1.807, 2.05) is 0 Å². The Morgan fingerprint density at radius 1 is 1.58 bits per heavy atom. The predicted molar refractivity (Wildman–Crippen MR) is 46.5 cm³/mol. The van der Waals surface area contributed by atoms with E-state index in [1.54, 1.807) is 6.92 Å². The minimum absolute atomic E-state index is 0.224. The fourth-order valence-electron chi connectivity index (χ4n) is 0.487. The van der Waals surface area contributed by atoms with Crippen molar-refractivity contribution in [2.75, 3.05) is 6.61 Å². The van der Waals surface area contributed by atoms with Gasteiger partial charge in [0, 0.05) is 0 Å². The van der Waals surface area contributed by atoms with E-state index in [0.29, 0.717) is 0 Å². The van der Waals surface area contributed by atoms with E-state index in [9.17, 15) is 9.36 Å². The molecule has 72 valence electrons. The second kappa shape index (κ2) is 5.07. The van der Waals surface area contributed by atoms with E-state index >= 15 is 0 Å². The summed E-state index contributed by atoms with van der Waals surface area (Å²) < 4.78 is 19.6. The van der Waals surface area contributed by atoms with Crippen molar-refractivity contribution in [1.29, 1.82) is 0 Å². The molecule has 0 saturated carbocycles. The number of hydrogen-bond donors (Lipinski definition) is 0. The maximum Gasteiger partial charge on any atom is 0.380 e. The third-order valence-corrected chi connectivity index (χ3v) is 1.94. The van der Waals surface area contributed by atoms with Gasteiger partial charge in [0.2, 0.25) is 0 Å². The summed E-state index contributed by atoms with van der Waals surface area (Å²) >= 11 is 10.1. The first kappa shape index (κ1) is 12.2. The summed E-state index contributed by atoms with van der Waals surface area (Å²) in [6.07, 6.45) is -4.66. The van der Waals surface area contributed by atoms with Gasteiger partial charge in [-0.15, -0.1) is 0 Å². The monoisotopic (exact) mass is 234 g/mol. The lowest BCUT2D eigenvalue weighted by Gasteiger charge is -2.11. The largest absolute Gasteiger partial charge is 0.464 e. The van der Waals surface area contributed by atoms with Crippen molar-refractivity contribution in [2.45, 2.75) is 20.0 Å². The van der Waals surface area contributed by atoms with Crippen LogP contribution in [0.4, 0.5) is 0 Å². The zero-order valence-corrected chi connectivity index (χ0v) is 9.03. The summed E-state index contributed by atoms with van der Waals surface area (Å²) in [5, 5.41) is 0. The molecule has 7 heteroatoms. The van der Waals surface area contributed by atoms with Crippen molar-refractivity contribution >= 4 is 34.5 Å². The molecule has 0 heterocycles. The third-order valence-electron chi connectivity index (χ3n) is 0.899. The normalized spacial score (nSPS) is 14.0. The second-order valence-electron chi connectivity index (χ2n) is 1.91. The molecule has 0 rings (SSSR count). The first-order valence-corrected chi connectivity index (χ1v) is 6.64. The lowest BCUT2D eigenvalue weighted by Crippen LogP contribution is -2.21. The van der Waals surface area contributed by atoms with Crippen molar-refractivity contribution in [2.24, 2.45) is 0 Å². The Morgan fingerprint density at radius 2 is 2.08 bits per heavy atom. The highest BCUT2D eigenvalue weighted by atomic mass is 35.9. The molecule has 12 heavy (non-hydrogen) atoms. The summed E-state index contributed by atoms with van der Waals surface area (Å²) in [5.41, 5.74) is 0. The molecule has 0 aliphatic heterocycles. The smallest absolute Gasteiger partial charge is 0.380 e. The number of rotatable bonds is 4. The highest BCUT2D eigenvalue weighted by molar-refractivity contribution is 8.05. The molecule has 0 aliphatic carbocycles. The molecule has 4 nitrogen and oxygen atoms in total. The fraction of sp³-hybridized carbons (Fsp3) is 0.800. The molecular weight excluding hydrogens is 226 g/mol. The Labute approximate surface area is 80.2 Å². The molecule has 0 aromatic carbocycles. The minimum Gasteiger partial charge on any atom is -0.464 e. The maximum absolute atomic E-state index is 10.8. The van der Waals surface area contributed by atoms with E-state index in [4.69, 9.17) is 22.5 Å². The van der Waals surface area contributed by atoms with Gasteiger partial charge < -0.3 is 4.74 Å². The van der Waals surface area contributed by atoms with E-state index in [0.717, 1.165) is 0 Å². The quantitative estimate of drug-likeness (QED) is 0.554. The standard InChI is InChI=1S/C5H9Cl2O4P/c1-3-10-5(8)4(2)11-12(6,7)9/h4H,3H2,1-2H3/t4-/m1/s1. The molecule has 0 radical (unpaired) electrons. The Hall–Kier alpha value is 0.240. The molecule has 0 aliphatic rings. The van der Waals surface area contributed by atoms with Crippen molar-refractivity contribution in [3.63, 3.8) is 0 Å². The summed E-state index contributed by atoms with van der Waals surface area (Å²) in [6.45, 7) is 3.22. The number of carbonyl (C=O) groups excluding carboxylic acids is 1. The molecule has 0 saturated heterocycles. The van der Waals surface area contributed by atoms with Crippen molar-refractivity contribution in [3.8, 4) is 0 Å². The molecule has 0 N–H and O–H groups in total. The number of halogens is 2. The molecule has 0 fully saturated rings. The molecule has 0 bridgehead atoms. The highest BCUT2D eigenvalue weighted by Crippen LogP contribution is 2.58. The molecule has 0 aromatic rings. The van der Waals surface area contributed by atoms with Gasteiger partial charge in [-0.25, -0.2) is 4.79 Å². The van der Waals surface area contributed by atoms with Crippen LogP contribution in [-0.2, 0) is 18.6 Å². The number of ether oxygens (including phenoxy) is 1. The van der Waals surface area contributed by atoms with Gasteiger partial charge in [0.1, 0.15) is 0 Å². The van der Waals surface area contributed by atoms with Crippen LogP contribution in [0.5, 0.6) is 0 Å². The van der Waals surface area contributed by atoms with Crippen LogP contribution >= 0.6 is 28.6 Å². The zero-order chi connectivity index (χ0) is 9.78. The van der Waals surface area contributed by atoms with Gasteiger partial charge in [-0.3, -0.25) is 9.09 Å². The van der Waals surface area contributed by atoms with Crippen LogP contribution in [0.2, 0.25) is 0 Å². The van der Waals surface area contributed by atoms with E-state index in [-0.39, 0.29) is 6.61 Å². The van der Waals surface area contributed by atoms with Gasteiger partial charge in [-0.1, -0.05) is 0 Å². The van der Waals surface area contributed by atoms with Crippen molar-refractivity contribution < 1.29 is 18.6 Å². The van der Waals surface area contributed by atoms with Crippen LogP contribution in [0.3, 0.4) is 0 Å². The topological polar surface area (TPSA) is 52.6 Å². The number of esters is 1. The molecule has 0 amide bonds. The Balaban J connectivity index is 3.96. The van der Waals surface area contributed by atoms with Gasteiger partial charge in [-0.2, -0.15) is 0 Å². The van der Waals surface area contributed by atoms with Crippen molar-refractivity contribution in [1.82, 2.24) is 0 Å². The average Bonchev–Trinajstić information content (AvgIpc) is 1.84. The molecule has 0 aromatic heterocycles. The second-order valence-corrected chi connectivity index (χ2v) is 6.14. The number of hydrogen-bond acceptors (Lipinski definition) is 4. The summed E-state index contributed by atoms with van der Waals surface area (Å²) in [7, 11) is 0. The van der Waals surface area contributed by atoms with Gasteiger partial charge in [-0.05, 0) is 36.3 Å². The van der Waals surface area contributed by atoms with Crippen LogP contribution in [-0.4, -0.2) is 18.7 Å². The van der Waals surface area contributed by atoms with Crippen LogP contribution in [0.1, 0.15) is 13.8 Å². The van der Waals surface area contributed by atoms with Gasteiger partial charge in [0.05, 0.1) is 6.61 Å². The highest BCUT2D eigenvalue weighted by Gasteiger charge is 2.24. The minimum atomic E-state index is -3.66. The molecule has 0 spiro atoms. The molecule has 0 unspecified atom stereocenters.